The van der Waals surface area contributed by atoms with Gasteiger partial charge in [0.2, 0.25) is 5.91 Å². The average molecular weight is 290 g/mol. The summed E-state index contributed by atoms with van der Waals surface area (Å²) >= 11 is 0. The Hall–Kier alpha value is -2.34. The van der Waals surface area contributed by atoms with Gasteiger partial charge in [0.25, 0.3) is 0 Å². The molecule has 6 heteroatoms. The number of carboxylic acid groups (broad SMARTS) is 1. The Balaban J connectivity index is 1.98. The number of benzene rings is 1. The minimum atomic E-state index is -0.969. The number of aliphatic carboxylic acids is 1. The lowest BCUT2D eigenvalue weighted by Crippen LogP contribution is -2.41. The second-order valence-corrected chi connectivity index (χ2v) is 4.96. The number of carbonyl (C=O) groups is 2. The smallest absolute Gasteiger partial charge is 0.303 e. The minimum absolute atomic E-state index is 0.105. The molecule has 1 heterocycles. The number of fused-ring (bicyclic) bond motifs is 1. The molecule has 4 N–H and O–H groups in total. The Morgan fingerprint density at radius 1 is 1.38 bits per heavy atom. The molecule has 2 rings (SSSR count). The second-order valence-electron chi connectivity index (χ2n) is 4.96. The Bertz CT molecular complexity index is 617. The number of hydrogen-bond acceptors (Lipinski definition) is 4. The van der Waals surface area contributed by atoms with Gasteiger partial charge in [0, 0.05) is 11.8 Å². The van der Waals surface area contributed by atoms with E-state index < -0.39 is 12.0 Å². The average Bonchev–Trinajstić information content (AvgIpc) is 2.88. The number of nitrogens with two attached hydrogens (primary N) is 1. The highest BCUT2D eigenvalue weighted by Gasteiger charge is 2.19. The van der Waals surface area contributed by atoms with Crippen LogP contribution in [0.15, 0.2) is 34.7 Å². The number of amides is 1. The molecule has 21 heavy (non-hydrogen) atoms. The zero-order valence-corrected chi connectivity index (χ0v) is 11.7. The molecule has 0 radical (unpaired) electrons. The van der Waals surface area contributed by atoms with Gasteiger partial charge < -0.3 is 20.6 Å². The van der Waals surface area contributed by atoms with Crippen LogP contribution < -0.4 is 11.1 Å². The normalized spacial score (nSPS) is 13.8. The van der Waals surface area contributed by atoms with Crippen molar-refractivity contribution in [2.45, 2.75) is 31.8 Å². The molecule has 2 aromatic rings. The Morgan fingerprint density at radius 3 is 2.76 bits per heavy atom. The third-order valence-electron chi connectivity index (χ3n) is 3.24. The Kier molecular flexibility index (Phi) is 4.59. The van der Waals surface area contributed by atoms with Gasteiger partial charge in [-0.25, -0.2) is 0 Å². The maximum absolute atomic E-state index is 11.9. The van der Waals surface area contributed by atoms with Gasteiger partial charge in [-0.2, -0.15) is 0 Å². The van der Waals surface area contributed by atoms with Crippen molar-refractivity contribution in [3.8, 4) is 0 Å². The fourth-order valence-corrected chi connectivity index (χ4v) is 2.02. The Labute approximate surface area is 121 Å². The molecule has 2 unspecified atom stereocenters. The highest BCUT2D eigenvalue weighted by Crippen LogP contribution is 2.23. The van der Waals surface area contributed by atoms with E-state index >= 15 is 0 Å². The molecule has 6 nitrogen and oxygen atoms in total. The first-order valence-corrected chi connectivity index (χ1v) is 6.73. The zero-order valence-electron chi connectivity index (χ0n) is 11.7. The summed E-state index contributed by atoms with van der Waals surface area (Å²) in [7, 11) is 0. The molecule has 112 valence electrons. The number of carbonyl (C=O) groups excluding carboxylic acids is 1. The van der Waals surface area contributed by atoms with E-state index in [-0.39, 0.29) is 24.8 Å². The third kappa shape index (κ3) is 3.82. The van der Waals surface area contributed by atoms with Crippen LogP contribution in [0.3, 0.4) is 0 Å². The quantitative estimate of drug-likeness (QED) is 0.752. The van der Waals surface area contributed by atoms with E-state index in [9.17, 15) is 9.59 Å². The predicted molar refractivity (Wildman–Crippen MR) is 77.6 cm³/mol. The van der Waals surface area contributed by atoms with E-state index in [0.29, 0.717) is 5.76 Å². The number of para-hydroxylation sites is 1. The maximum Gasteiger partial charge on any atom is 0.303 e. The van der Waals surface area contributed by atoms with Crippen molar-refractivity contribution >= 4 is 22.8 Å². The van der Waals surface area contributed by atoms with Crippen LogP contribution in [0.4, 0.5) is 0 Å². The van der Waals surface area contributed by atoms with Crippen LogP contribution in [-0.4, -0.2) is 23.0 Å². The largest absolute Gasteiger partial charge is 0.481 e. The summed E-state index contributed by atoms with van der Waals surface area (Å²) in [5.41, 5.74) is 6.41. The van der Waals surface area contributed by atoms with Gasteiger partial charge in [-0.15, -0.1) is 0 Å². The standard InChI is InChI=1S/C15H18N2O4/c1-9(17-15(20)11(16)6-7-14(18)19)13-8-10-4-2-3-5-12(10)21-13/h2-5,8-9,11H,6-7,16H2,1H3,(H,17,20)(H,18,19). The van der Waals surface area contributed by atoms with E-state index in [1.165, 1.54) is 0 Å². The molecular weight excluding hydrogens is 272 g/mol. The molecule has 2 atom stereocenters. The van der Waals surface area contributed by atoms with Crippen LogP contribution in [-0.2, 0) is 9.59 Å². The van der Waals surface area contributed by atoms with Crippen molar-refractivity contribution in [2.75, 3.05) is 0 Å². The van der Waals surface area contributed by atoms with Crippen LogP contribution in [0, 0.1) is 0 Å². The van der Waals surface area contributed by atoms with Crippen molar-refractivity contribution in [1.82, 2.24) is 5.32 Å². The van der Waals surface area contributed by atoms with Crippen molar-refractivity contribution in [3.63, 3.8) is 0 Å². The molecule has 1 amide bonds. The lowest BCUT2D eigenvalue weighted by atomic mass is 10.1. The molecule has 0 fully saturated rings. The summed E-state index contributed by atoms with van der Waals surface area (Å²) in [5, 5.41) is 12.3. The van der Waals surface area contributed by atoms with Crippen molar-refractivity contribution in [3.05, 3.63) is 36.1 Å². The zero-order chi connectivity index (χ0) is 15.4. The van der Waals surface area contributed by atoms with Crippen LogP contribution in [0.25, 0.3) is 11.0 Å². The first kappa shape index (κ1) is 15.1. The highest BCUT2D eigenvalue weighted by molar-refractivity contribution is 5.83. The van der Waals surface area contributed by atoms with Gasteiger partial charge in [0.05, 0.1) is 12.1 Å². The van der Waals surface area contributed by atoms with Crippen molar-refractivity contribution < 1.29 is 19.1 Å². The van der Waals surface area contributed by atoms with E-state index in [1.807, 2.05) is 30.3 Å². The summed E-state index contributed by atoms with van der Waals surface area (Å²) < 4.78 is 5.66. The number of nitrogens with one attached hydrogen (secondary N) is 1. The molecule has 0 bridgehead atoms. The summed E-state index contributed by atoms with van der Waals surface area (Å²) in [6.07, 6.45) is -0.0262. The second kappa shape index (κ2) is 6.41. The first-order chi connectivity index (χ1) is 9.97. The lowest BCUT2D eigenvalue weighted by molar-refractivity contribution is -0.137. The monoisotopic (exact) mass is 290 g/mol. The van der Waals surface area contributed by atoms with E-state index in [0.717, 1.165) is 11.0 Å². The summed E-state index contributed by atoms with van der Waals surface area (Å²) in [5.74, 6) is -0.720. The van der Waals surface area contributed by atoms with E-state index in [2.05, 4.69) is 5.32 Å². The fraction of sp³-hybridized carbons (Fsp3) is 0.333. The van der Waals surface area contributed by atoms with Gasteiger partial charge in [-0.3, -0.25) is 9.59 Å². The maximum atomic E-state index is 11.9. The fourth-order valence-electron chi connectivity index (χ4n) is 2.02. The van der Waals surface area contributed by atoms with Gasteiger partial charge in [0.15, 0.2) is 0 Å². The van der Waals surface area contributed by atoms with Crippen LogP contribution in [0.5, 0.6) is 0 Å². The molecule has 0 saturated carbocycles. The van der Waals surface area contributed by atoms with Gasteiger partial charge in [0.1, 0.15) is 11.3 Å². The number of hydrogen-bond donors (Lipinski definition) is 3. The van der Waals surface area contributed by atoms with Crippen LogP contribution in [0.1, 0.15) is 31.6 Å². The number of furan rings is 1. The molecule has 1 aromatic heterocycles. The molecular formula is C15H18N2O4. The SMILES string of the molecule is CC(NC(=O)C(N)CCC(=O)O)c1cc2ccccc2o1. The van der Waals surface area contributed by atoms with Gasteiger partial charge in [-0.1, -0.05) is 18.2 Å². The summed E-state index contributed by atoms with van der Waals surface area (Å²) in [6.45, 7) is 1.79. The van der Waals surface area contributed by atoms with E-state index in [4.69, 9.17) is 15.3 Å². The molecule has 0 aliphatic carbocycles. The highest BCUT2D eigenvalue weighted by atomic mass is 16.4. The molecule has 0 aliphatic heterocycles. The van der Waals surface area contributed by atoms with E-state index in [1.54, 1.807) is 6.92 Å². The van der Waals surface area contributed by atoms with Crippen molar-refractivity contribution in [1.29, 1.82) is 0 Å². The van der Waals surface area contributed by atoms with Gasteiger partial charge in [-0.05, 0) is 25.5 Å². The predicted octanol–water partition coefficient (Wildman–Crippen LogP) is 1.80. The Morgan fingerprint density at radius 2 is 2.10 bits per heavy atom. The molecule has 0 aliphatic rings. The van der Waals surface area contributed by atoms with Crippen LogP contribution >= 0.6 is 0 Å². The lowest BCUT2D eigenvalue weighted by Gasteiger charge is -2.15. The first-order valence-electron chi connectivity index (χ1n) is 6.73. The minimum Gasteiger partial charge on any atom is -0.481 e. The summed E-state index contributed by atoms with van der Waals surface area (Å²) in [6, 6.07) is 8.26. The van der Waals surface area contributed by atoms with Gasteiger partial charge >= 0.3 is 5.97 Å². The number of rotatable bonds is 6. The van der Waals surface area contributed by atoms with Crippen LogP contribution in [0.2, 0.25) is 0 Å². The third-order valence-corrected chi connectivity index (χ3v) is 3.24. The number of carboxylic acids is 1. The molecule has 1 aromatic carbocycles. The molecule has 0 spiro atoms. The van der Waals surface area contributed by atoms with Crippen molar-refractivity contribution in [2.24, 2.45) is 5.73 Å². The topological polar surface area (TPSA) is 106 Å². The molecule has 0 saturated heterocycles. The summed E-state index contributed by atoms with van der Waals surface area (Å²) in [4.78, 5) is 22.4.